The predicted molar refractivity (Wildman–Crippen MR) is 42.9 cm³/mol. The van der Waals surface area contributed by atoms with Gasteiger partial charge in [-0.05, 0) is 0 Å². The normalized spacial score (nSPS) is 27.4. The van der Waals surface area contributed by atoms with E-state index in [1.165, 1.54) is 6.08 Å². The first-order valence-electron chi connectivity index (χ1n) is 3.96. The zero-order chi connectivity index (χ0) is 9.84. The molecule has 1 saturated heterocycles. The van der Waals surface area contributed by atoms with Gasteiger partial charge in [0.05, 0.1) is 13.1 Å². The maximum atomic E-state index is 12.6. The highest BCUT2D eigenvalue weighted by molar-refractivity contribution is 5.68. The third kappa shape index (κ3) is 2.40. The van der Waals surface area contributed by atoms with Crippen molar-refractivity contribution in [3.05, 3.63) is 12.7 Å². The number of alkyl halides is 2. The van der Waals surface area contributed by atoms with Gasteiger partial charge in [0, 0.05) is 0 Å². The average molecular weight is 191 g/mol. The molecule has 1 aliphatic rings. The van der Waals surface area contributed by atoms with Gasteiger partial charge in [0.2, 0.25) is 0 Å². The lowest BCUT2D eigenvalue weighted by Gasteiger charge is -2.13. The molecule has 1 rings (SSSR count). The molecule has 0 bridgehead atoms. The zero-order valence-corrected chi connectivity index (χ0v) is 7.08. The van der Waals surface area contributed by atoms with Crippen molar-refractivity contribution in [3.8, 4) is 0 Å². The van der Waals surface area contributed by atoms with Gasteiger partial charge in [-0.1, -0.05) is 12.7 Å². The molecule has 0 saturated carbocycles. The Kier molecular flexibility index (Phi) is 3.22. The van der Waals surface area contributed by atoms with E-state index in [0.29, 0.717) is 0 Å². The van der Waals surface area contributed by atoms with Crippen LogP contribution in [0.2, 0.25) is 0 Å². The summed E-state index contributed by atoms with van der Waals surface area (Å²) in [5, 5.41) is 0. The minimum atomic E-state index is -1.59. The Morgan fingerprint density at radius 2 is 2.08 bits per heavy atom. The topological polar surface area (TPSA) is 29.5 Å². The van der Waals surface area contributed by atoms with E-state index in [1.807, 2.05) is 0 Å². The van der Waals surface area contributed by atoms with Gasteiger partial charge in [-0.2, -0.15) is 0 Å². The van der Waals surface area contributed by atoms with Crippen LogP contribution in [-0.4, -0.2) is 43.0 Å². The summed E-state index contributed by atoms with van der Waals surface area (Å²) >= 11 is 0. The third-order valence-electron chi connectivity index (χ3n) is 1.76. The summed E-state index contributed by atoms with van der Waals surface area (Å²) in [6.45, 7) is 2.95. The summed E-state index contributed by atoms with van der Waals surface area (Å²) in [6.07, 6.45) is -2.47. The first kappa shape index (κ1) is 9.95. The van der Waals surface area contributed by atoms with E-state index in [0.717, 1.165) is 4.90 Å². The van der Waals surface area contributed by atoms with Gasteiger partial charge in [0.1, 0.15) is 6.61 Å². The lowest BCUT2D eigenvalue weighted by molar-refractivity contribution is 0.118. The molecule has 0 aromatic heterocycles. The molecule has 0 radical (unpaired) electrons. The van der Waals surface area contributed by atoms with Gasteiger partial charge in [-0.15, -0.1) is 0 Å². The molecular formula is C8H11F2NO2. The van der Waals surface area contributed by atoms with E-state index in [4.69, 9.17) is 0 Å². The highest BCUT2D eigenvalue weighted by Gasteiger charge is 2.36. The number of halogens is 2. The molecule has 0 aliphatic carbocycles. The van der Waals surface area contributed by atoms with Crippen molar-refractivity contribution >= 4 is 6.09 Å². The molecular weight excluding hydrogens is 180 g/mol. The smallest absolute Gasteiger partial charge is 0.410 e. The molecule has 3 nitrogen and oxygen atoms in total. The number of amides is 1. The minimum absolute atomic E-state index is 0.0588. The monoisotopic (exact) mass is 191 g/mol. The number of carbonyl (C=O) groups is 1. The Bertz CT molecular complexity index is 200. The fraction of sp³-hybridized carbons (Fsp3) is 0.625. The van der Waals surface area contributed by atoms with Gasteiger partial charge in [0.15, 0.2) is 12.3 Å². The molecule has 0 aromatic carbocycles. The second-order valence-corrected chi connectivity index (χ2v) is 2.80. The molecule has 2 atom stereocenters. The van der Waals surface area contributed by atoms with Crippen LogP contribution in [0.1, 0.15) is 0 Å². The van der Waals surface area contributed by atoms with Crippen LogP contribution in [0.15, 0.2) is 12.7 Å². The quantitative estimate of drug-likeness (QED) is 0.616. The molecule has 74 valence electrons. The van der Waals surface area contributed by atoms with Crippen LogP contribution in [0.3, 0.4) is 0 Å². The molecule has 5 heteroatoms. The molecule has 1 fully saturated rings. The molecule has 1 amide bonds. The van der Waals surface area contributed by atoms with Crippen LogP contribution in [0.5, 0.6) is 0 Å². The highest BCUT2D eigenvalue weighted by Crippen LogP contribution is 2.17. The maximum absolute atomic E-state index is 12.6. The Morgan fingerprint density at radius 3 is 2.54 bits per heavy atom. The van der Waals surface area contributed by atoms with E-state index in [1.54, 1.807) is 0 Å². The standard InChI is InChI=1S/C8H11F2NO2/c1-2-3-13-8(12)11-4-6(9)7(10)5-11/h2,6-7H,1,3-5H2/t6-,7+. The number of carbonyl (C=O) groups excluding carboxylic acids is 1. The van der Waals surface area contributed by atoms with Crippen LogP contribution < -0.4 is 0 Å². The van der Waals surface area contributed by atoms with E-state index < -0.39 is 18.4 Å². The SMILES string of the molecule is C=CCOC(=O)N1C[C@@H](F)[C@@H](F)C1. The average Bonchev–Trinajstić information content (AvgIpc) is 2.43. The first-order chi connectivity index (χ1) is 6.15. The Labute approximate surface area is 75.0 Å². The van der Waals surface area contributed by atoms with Gasteiger partial charge in [0.25, 0.3) is 0 Å². The second kappa shape index (κ2) is 4.20. The number of likely N-dealkylation sites (tertiary alicyclic amines) is 1. The third-order valence-corrected chi connectivity index (χ3v) is 1.76. The second-order valence-electron chi connectivity index (χ2n) is 2.80. The van der Waals surface area contributed by atoms with Gasteiger partial charge in [-0.25, -0.2) is 13.6 Å². The fourth-order valence-corrected chi connectivity index (χ4v) is 1.09. The van der Waals surface area contributed by atoms with Crippen molar-refractivity contribution in [2.75, 3.05) is 19.7 Å². The van der Waals surface area contributed by atoms with Crippen molar-refractivity contribution in [1.29, 1.82) is 0 Å². The Hall–Kier alpha value is -1.13. The lowest BCUT2D eigenvalue weighted by Crippen LogP contribution is -2.30. The molecule has 1 heterocycles. The van der Waals surface area contributed by atoms with Crippen molar-refractivity contribution in [2.45, 2.75) is 12.3 Å². The highest BCUT2D eigenvalue weighted by atomic mass is 19.2. The number of hydrogen-bond acceptors (Lipinski definition) is 2. The van der Waals surface area contributed by atoms with Crippen LogP contribution in [0.4, 0.5) is 13.6 Å². The number of ether oxygens (including phenoxy) is 1. The minimum Gasteiger partial charge on any atom is -0.445 e. The largest absolute Gasteiger partial charge is 0.445 e. The Morgan fingerprint density at radius 1 is 1.54 bits per heavy atom. The first-order valence-corrected chi connectivity index (χ1v) is 3.96. The van der Waals surface area contributed by atoms with Crippen molar-refractivity contribution in [3.63, 3.8) is 0 Å². The zero-order valence-electron chi connectivity index (χ0n) is 7.08. The summed E-state index contributed by atoms with van der Waals surface area (Å²) < 4.78 is 29.8. The predicted octanol–water partition coefficient (Wildman–Crippen LogP) is 1.30. The lowest BCUT2D eigenvalue weighted by atomic mass is 10.3. The summed E-state index contributed by atoms with van der Waals surface area (Å²) in [7, 11) is 0. The molecule has 0 unspecified atom stereocenters. The fourth-order valence-electron chi connectivity index (χ4n) is 1.09. The molecule has 0 spiro atoms. The number of hydrogen-bond donors (Lipinski definition) is 0. The summed E-state index contributed by atoms with van der Waals surface area (Å²) in [5.74, 6) is 0. The molecule has 0 aromatic rings. The van der Waals surface area contributed by atoms with Crippen LogP contribution in [-0.2, 0) is 4.74 Å². The molecule has 0 N–H and O–H groups in total. The van der Waals surface area contributed by atoms with Crippen molar-refractivity contribution in [1.82, 2.24) is 4.90 Å². The summed E-state index contributed by atoms with van der Waals surface area (Å²) in [4.78, 5) is 12.0. The van der Waals surface area contributed by atoms with Crippen molar-refractivity contribution < 1.29 is 18.3 Å². The Balaban J connectivity index is 2.37. The van der Waals surface area contributed by atoms with E-state index in [9.17, 15) is 13.6 Å². The molecule has 1 aliphatic heterocycles. The van der Waals surface area contributed by atoms with Crippen LogP contribution >= 0.6 is 0 Å². The molecule has 13 heavy (non-hydrogen) atoms. The maximum Gasteiger partial charge on any atom is 0.410 e. The summed E-state index contributed by atoms with van der Waals surface area (Å²) in [5.41, 5.74) is 0. The van der Waals surface area contributed by atoms with Gasteiger partial charge < -0.3 is 9.64 Å². The van der Waals surface area contributed by atoms with Crippen LogP contribution in [0.25, 0.3) is 0 Å². The van der Waals surface area contributed by atoms with Crippen molar-refractivity contribution in [2.24, 2.45) is 0 Å². The van der Waals surface area contributed by atoms with Gasteiger partial charge in [-0.3, -0.25) is 0 Å². The summed E-state index contributed by atoms with van der Waals surface area (Å²) in [6, 6.07) is 0. The van der Waals surface area contributed by atoms with Gasteiger partial charge >= 0.3 is 6.09 Å². The van der Waals surface area contributed by atoms with E-state index in [2.05, 4.69) is 11.3 Å². The number of nitrogens with zero attached hydrogens (tertiary/aromatic N) is 1. The van der Waals surface area contributed by atoms with E-state index in [-0.39, 0.29) is 19.7 Å². The number of rotatable bonds is 2. The van der Waals surface area contributed by atoms with E-state index >= 15 is 0 Å². The van der Waals surface area contributed by atoms with Crippen LogP contribution in [0, 0.1) is 0 Å².